The van der Waals surface area contributed by atoms with E-state index in [4.69, 9.17) is 29.2 Å². The number of hydrogen-bond acceptors (Lipinski definition) is 9. The number of carboxylic acids is 2. The van der Waals surface area contributed by atoms with Crippen LogP contribution in [0.25, 0.3) is 0 Å². The number of nitrogens with one attached hydrogen (secondary N) is 3. The Morgan fingerprint density at radius 1 is 0.590 bits per heavy atom. The highest BCUT2D eigenvalue weighted by Crippen LogP contribution is 2.05. The van der Waals surface area contributed by atoms with Crippen molar-refractivity contribution in [3.05, 3.63) is 0 Å². The Hall–Kier alpha value is -2.32. The molecule has 0 aromatic carbocycles. The molecule has 228 valence electrons. The standard InChI is InChI=1S/C26H49N3O10/c1-27-22(26(34)35)8-6-7-12-28-24(31)11-14-36-16-18-38-20-21-39-19-17-37-15-13-29-23(30)9-4-2-3-5-10-25(32)33/h22,27H,2-21H2,1H3,(H,28,31)(H,29,30)(H,32,33)(H,34,35)/t22-/m0/s1. The van der Waals surface area contributed by atoms with Crippen molar-refractivity contribution in [2.24, 2.45) is 0 Å². The molecule has 0 saturated heterocycles. The Labute approximate surface area is 231 Å². The third-order valence-corrected chi connectivity index (χ3v) is 5.59. The lowest BCUT2D eigenvalue weighted by atomic mass is 10.1. The maximum Gasteiger partial charge on any atom is 0.320 e. The summed E-state index contributed by atoms with van der Waals surface area (Å²) in [5, 5.41) is 25.8. The van der Waals surface area contributed by atoms with Gasteiger partial charge in [0.05, 0.1) is 52.9 Å². The molecule has 0 rings (SSSR count). The van der Waals surface area contributed by atoms with Crippen LogP contribution in [0.1, 0.15) is 64.2 Å². The maximum atomic E-state index is 11.7. The van der Waals surface area contributed by atoms with E-state index in [1.807, 2.05) is 0 Å². The molecule has 13 heteroatoms. The van der Waals surface area contributed by atoms with Crippen LogP contribution < -0.4 is 16.0 Å². The Morgan fingerprint density at radius 2 is 1.10 bits per heavy atom. The highest BCUT2D eigenvalue weighted by atomic mass is 16.6. The van der Waals surface area contributed by atoms with Crippen molar-refractivity contribution in [2.75, 3.05) is 73.0 Å². The molecule has 0 unspecified atom stereocenters. The van der Waals surface area contributed by atoms with Crippen molar-refractivity contribution in [2.45, 2.75) is 70.3 Å². The molecule has 0 bridgehead atoms. The summed E-state index contributed by atoms with van der Waals surface area (Å²) in [6, 6.07) is -0.554. The fourth-order valence-electron chi connectivity index (χ4n) is 3.37. The van der Waals surface area contributed by atoms with Gasteiger partial charge in [0.15, 0.2) is 0 Å². The van der Waals surface area contributed by atoms with Crippen LogP contribution in [0.4, 0.5) is 0 Å². The van der Waals surface area contributed by atoms with E-state index in [9.17, 15) is 19.2 Å². The van der Waals surface area contributed by atoms with Crippen LogP contribution in [-0.2, 0) is 38.1 Å². The van der Waals surface area contributed by atoms with E-state index in [1.165, 1.54) is 0 Å². The van der Waals surface area contributed by atoms with E-state index in [0.29, 0.717) is 91.6 Å². The first-order valence-corrected chi connectivity index (χ1v) is 13.8. The summed E-state index contributed by atoms with van der Waals surface area (Å²) >= 11 is 0. The minimum Gasteiger partial charge on any atom is -0.481 e. The Kier molecular flexibility index (Phi) is 25.6. The molecule has 0 aromatic heterocycles. The Balaban J connectivity index is 3.29. The lowest BCUT2D eigenvalue weighted by molar-refractivity contribution is -0.139. The van der Waals surface area contributed by atoms with E-state index >= 15 is 0 Å². The van der Waals surface area contributed by atoms with Crippen LogP contribution in [0, 0.1) is 0 Å². The van der Waals surface area contributed by atoms with Gasteiger partial charge in [-0.1, -0.05) is 12.8 Å². The number of amides is 2. The third kappa shape index (κ3) is 27.1. The van der Waals surface area contributed by atoms with Gasteiger partial charge < -0.3 is 45.1 Å². The van der Waals surface area contributed by atoms with Crippen molar-refractivity contribution in [1.29, 1.82) is 0 Å². The second-order valence-electron chi connectivity index (χ2n) is 8.88. The molecular formula is C26H49N3O10. The van der Waals surface area contributed by atoms with Gasteiger partial charge >= 0.3 is 11.9 Å². The monoisotopic (exact) mass is 563 g/mol. The highest BCUT2D eigenvalue weighted by molar-refractivity contribution is 5.76. The third-order valence-electron chi connectivity index (χ3n) is 5.59. The van der Waals surface area contributed by atoms with Gasteiger partial charge in [0, 0.05) is 32.4 Å². The number of rotatable bonds is 29. The van der Waals surface area contributed by atoms with Crippen LogP contribution in [0.3, 0.4) is 0 Å². The largest absolute Gasteiger partial charge is 0.481 e. The zero-order chi connectivity index (χ0) is 29.0. The van der Waals surface area contributed by atoms with Crippen molar-refractivity contribution in [1.82, 2.24) is 16.0 Å². The van der Waals surface area contributed by atoms with Crippen molar-refractivity contribution in [3.63, 3.8) is 0 Å². The van der Waals surface area contributed by atoms with Crippen LogP contribution in [0.15, 0.2) is 0 Å². The predicted octanol–water partition coefficient (Wildman–Crippen LogP) is 0.943. The van der Waals surface area contributed by atoms with Crippen LogP contribution in [-0.4, -0.2) is 113 Å². The minimum atomic E-state index is -0.867. The normalized spacial score (nSPS) is 11.7. The summed E-state index contributed by atoms with van der Waals surface area (Å²) in [6.45, 7) is 4.14. The van der Waals surface area contributed by atoms with Crippen molar-refractivity contribution >= 4 is 23.8 Å². The van der Waals surface area contributed by atoms with Gasteiger partial charge in [-0.25, -0.2) is 0 Å². The van der Waals surface area contributed by atoms with Gasteiger partial charge in [-0.15, -0.1) is 0 Å². The molecule has 13 nitrogen and oxygen atoms in total. The molecule has 5 N–H and O–H groups in total. The van der Waals surface area contributed by atoms with E-state index < -0.39 is 18.0 Å². The van der Waals surface area contributed by atoms with Gasteiger partial charge in [0.1, 0.15) is 6.04 Å². The first-order chi connectivity index (χ1) is 18.9. The van der Waals surface area contributed by atoms with Gasteiger partial charge in [-0.3, -0.25) is 19.2 Å². The number of carbonyl (C=O) groups excluding carboxylic acids is 2. The number of likely N-dealkylation sites (N-methyl/N-ethyl adjacent to an activating group) is 1. The average Bonchev–Trinajstić information content (AvgIpc) is 2.89. The molecule has 0 aliphatic rings. The lowest BCUT2D eigenvalue weighted by Crippen LogP contribution is -2.34. The fourth-order valence-corrected chi connectivity index (χ4v) is 3.37. The average molecular weight is 564 g/mol. The van der Waals surface area contributed by atoms with E-state index in [2.05, 4.69) is 16.0 Å². The van der Waals surface area contributed by atoms with Gasteiger partial charge in [0.25, 0.3) is 0 Å². The minimum absolute atomic E-state index is 0.0255. The molecule has 2 amide bonds. The second kappa shape index (κ2) is 27.3. The number of ether oxygens (including phenoxy) is 4. The van der Waals surface area contributed by atoms with Gasteiger partial charge in [0.2, 0.25) is 11.8 Å². The van der Waals surface area contributed by atoms with Crippen molar-refractivity contribution in [3.8, 4) is 0 Å². The lowest BCUT2D eigenvalue weighted by Gasteiger charge is -2.11. The zero-order valence-electron chi connectivity index (χ0n) is 23.4. The molecule has 0 fully saturated rings. The molecule has 0 spiro atoms. The highest BCUT2D eigenvalue weighted by Gasteiger charge is 2.13. The predicted molar refractivity (Wildman–Crippen MR) is 144 cm³/mol. The number of carbonyl (C=O) groups is 4. The molecule has 1 atom stereocenters. The zero-order valence-corrected chi connectivity index (χ0v) is 23.4. The topological polar surface area (TPSA) is 182 Å². The first kappa shape index (κ1) is 36.7. The molecule has 0 aliphatic carbocycles. The molecule has 39 heavy (non-hydrogen) atoms. The number of unbranched alkanes of at least 4 members (excludes halogenated alkanes) is 4. The summed E-state index contributed by atoms with van der Waals surface area (Å²) < 4.78 is 21.6. The first-order valence-electron chi connectivity index (χ1n) is 13.8. The van der Waals surface area contributed by atoms with E-state index in [1.54, 1.807) is 7.05 Å². The summed E-state index contributed by atoms with van der Waals surface area (Å²) in [5.41, 5.74) is 0. The van der Waals surface area contributed by atoms with Crippen LogP contribution >= 0.6 is 0 Å². The SMILES string of the molecule is CN[C@@H](CCCCNC(=O)CCOCCOCCOCCOCCNC(=O)CCCCCCC(=O)O)C(=O)O. The summed E-state index contributed by atoms with van der Waals surface area (Å²) in [5.74, 6) is -1.77. The molecule has 0 aromatic rings. The second-order valence-corrected chi connectivity index (χ2v) is 8.88. The summed E-state index contributed by atoms with van der Waals surface area (Å²) in [4.78, 5) is 44.7. The van der Waals surface area contributed by atoms with Crippen molar-refractivity contribution < 1.29 is 48.3 Å². The quantitative estimate of drug-likeness (QED) is 0.0817. The number of carboxylic acid groups (broad SMARTS) is 2. The summed E-state index contributed by atoms with van der Waals surface area (Å²) in [7, 11) is 1.62. The molecule has 0 aliphatic heterocycles. The Morgan fingerprint density at radius 3 is 1.67 bits per heavy atom. The molecular weight excluding hydrogens is 514 g/mol. The molecule has 0 radical (unpaired) electrons. The smallest absolute Gasteiger partial charge is 0.320 e. The maximum absolute atomic E-state index is 11.7. The van der Waals surface area contributed by atoms with Gasteiger partial charge in [-0.2, -0.15) is 0 Å². The van der Waals surface area contributed by atoms with Gasteiger partial charge in [-0.05, 0) is 39.2 Å². The van der Waals surface area contributed by atoms with Crippen LogP contribution in [0.2, 0.25) is 0 Å². The number of hydrogen-bond donors (Lipinski definition) is 5. The molecule has 0 saturated carbocycles. The van der Waals surface area contributed by atoms with E-state index in [0.717, 1.165) is 25.7 Å². The fraction of sp³-hybridized carbons (Fsp3) is 0.846. The summed E-state index contributed by atoms with van der Waals surface area (Å²) in [6.07, 6.45) is 5.91. The van der Waals surface area contributed by atoms with E-state index in [-0.39, 0.29) is 24.7 Å². The molecule has 0 heterocycles. The Bertz CT molecular complexity index is 651. The van der Waals surface area contributed by atoms with Crippen LogP contribution in [0.5, 0.6) is 0 Å². The number of aliphatic carboxylic acids is 2.